The number of hydrogen-bond acceptors (Lipinski definition) is 5. The van der Waals surface area contributed by atoms with Crippen LogP contribution in [0.15, 0.2) is 90.3 Å². The van der Waals surface area contributed by atoms with Crippen LogP contribution in [-0.4, -0.2) is 38.4 Å². The molecule has 1 amide bonds. The number of aromatic nitrogens is 3. The lowest BCUT2D eigenvalue weighted by Gasteiger charge is -2.32. The van der Waals surface area contributed by atoms with Gasteiger partial charge >= 0.3 is 0 Å². The van der Waals surface area contributed by atoms with Gasteiger partial charge in [0.2, 0.25) is 0 Å². The highest BCUT2D eigenvalue weighted by molar-refractivity contribution is 7.13. The van der Waals surface area contributed by atoms with Gasteiger partial charge in [-0.3, -0.25) is 4.79 Å². The molecule has 0 spiro atoms. The van der Waals surface area contributed by atoms with Crippen molar-refractivity contribution in [3.63, 3.8) is 0 Å². The number of thiazole rings is 1. The minimum atomic E-state index is 0.0295. The van der Waals surface area contributed by atoms with E-state index in [1.54, 1.807) is 0 Å². The number of hydrogen-bond donors (Lipinski definition) is 0. The van der Waals surface area contributed by atoms with Gasteiger partial charge in [0, 0.05) is 30.6 Å². The Morgan fingerprint density at radius 2 is 1.59 bits per heavy atom. The molecule has 5 aromatic rings. The largest absolute Gasteiger partial charge is 0.486 e. The van der Waals surface area contributed by atoms with Crippen LogP contribution in [0.1, 0.15) is 29.2 Å². The number of para-hydroxylation sites is 3. The van der Waals surface area contributed by atoms with Crippen molar-refractivity contribution in [2.24, 2.45) is 5.92 Å². The summed E-state index contributed by atoms with van der Waals surface area (Å²) >= 11 is 1.52. The molecule has 1 aliphatic rings. The Bertz CT molecular complexity index is 1490. The van der Waals surface area contributed by atoms with Crippen LogP contribution in [0, 0.1) is 5.92 Å². The Morgan fingerprint density at radius 1 is 0.892 bits per heavy atom. The van der Waals surface area contributed by atoms with E-state index < -0.39 is 0 Å². The zero-order valence-corrected chi connectivity index (χ0v) is 21.3. The Morgan fingerprint density at radius 3 is 2.38 bits per heavy atom. The third-order valence-corrected chi connectivity index (χ3v) is 7.82. The number of piperidine rings is 1. The molecule has 0 N–H and O–H groups in total. The molecule has 0 radical (unpaired) electrons. The molecule has 1 aliphatic heterocycles. The summed E-state index contributed by atoms with van der Waals surface area (Å²) in [5, 5.41) is 2.77. The van der Waals surface area contributed by atoms with Gasteiger partial charge in [0.25, 0.3) is 5.91 Å². The van der Waals surface area contributed by atoms with Crippen molar-refractivity contribution in [2.45, 2.75) is 26.0 Å². The SMILES string of the molecule is O=C(c1csc(-c2ccccc2)n1)N1CCC(Cn2c(COc3ccccc3)nc3ccccc32)CC1. The van der Waals surface area contributed by atoms with Crippen molar-refractivity contribution in [3.05, 3.63) is 102 Å². The van der Waals surface area contributed by atoms with Crippen LogP contribution < -0.4 is 4.74 Å². The van der Waals surface area contributed by atoms with Crippen LogP contribution in [0.3, 0.4) is 0 Å². The number of carbonyl (C=O) groups is 1. The lowest BCUT2D eigenvalue weighted by Crippen LogP contribution is -2.39. The molecular formula is C30H28N4O2S. The highest BCUT2D eigenvalue weighted by atomic mass is 32.1. The van der Waals surface area contributed by atoms with Crippen molar-refractivity contribution in [1.82, 2.24) is 19.4 Å². The molecule has 1 saturated heterocycles. The second-order valence-electron chi connectivity index (χ2n) is 9.37. The van der Waals surface area contributed by atoms with Gasteiger partial charge in [-0.25, -0.2) is 9.97 Å². The maximum atomic E-state index is 13.2. The van der Waals surface area contributed by atoms with E-state index in [-0.39, 0.29) is 5.91 Å². The van der Waals surface area contributed by atoms with Gasteiger partial charge in [0.1, 0.15) is 28.9 Å². The van der Waals surface area contributed by atoms with Gasteiger partial charge in [-0.2, -0.15) is 0 Å². The first-order valence-electron chi connectivity index (χ1n) is 12.7. The zero-order valence-electron chi connectivity index (χ0n) is 20.5. The average Bonchev–Trinajstić information content (AvgIpc) is 3.59. The summed E-state index contributed by atoms with van der Waals surface area (Å²) in [4.78, 5) is 24.6. The number of nitrogens with zero attached hydrogens (tertiary/aromatic N) is 4. The summed E-state index contributed by atoms with van der Waals surface area (Å²) in [6, 6.07) is 28.1. The number of likely N-dealkylation sites (tertiary alicyclic amines) is 1. The van der Waals surface area contributed by atoms with Crippen LogP contribution in [0.5, 0.6) is 5.75 Å². The molecule has 1 fully saturated rings. The summed E-state index contributed by atoms with van der Waals surface area (Å²) < 4.78 is 8.34. The number of amides is 1. The molecular weight excluding hydrogens is 480 g/mol. The third-order valence-electron chi connectivity index (χ3n) is 6.93. The van der Waals surface area contributed by atoms with Crippen molar-refractivity contribution in [1.29, 1.82) is 0 Å². The summed E-state index contributed by atoms with van der Waals surface area (Å²) in [6.45, 7) is 2.77. The first kappa shape index (κ1) is 23.4. The monoisotopic (exact) mass is 508 g/mol. The summed E-state index contributed by atoms with van der Waals surface area (Å²) in [7, 11) is 0. The van der Waals surface area contributed by atoms with E-state index in [0.717, 1.165) is 65.7 Å². The van der Waals surface area contributed by atoms with Gasteiger partial charge in [-0.15, -0.1) is 11.3 Å². The van der Waals surface area contributed by atoms with Gasteiger partial charge < -0.3 is 14.2 Å². The summed E-state index contributed by atoms with van der Waals surface area (Å²) in [5.74, 6) is 2.26. The quantitative estimate of drug-likeness (QED) is 0.259. The lowest BCUT2D eigenvalue weighted by atomic mass is 9.96. The summed E-state index contributed by atoms with van der Waals surface area (Å²) in [6.07, 6.45) is 1.90. The molecule has 2 aromatic heterocycles. The Kier molecular flexibility index (Phi) is 6.69. The van der Waals surface area contributed by atoms with Crippen LogP contribution >= 0.6 is 11.3 Å². The molecule has 6 nitrogen and oxygen atoms in total. The Hall–Kier alpha value is -3.97. The number of fused-ring (bicyclic) bond motifs is 1. The predicted octanol–water partition coefficient (Wildman–Crippen LogP) is 6.29. The number of ether oxygens (including phenoxy) is 1. The normalized spacial score (nSPS) is 14.2. The van der Waals surface area contributed by atoms with E-state index in [1.165, 1.54) is 11.3 Å². The molecule has 3 heterocycles. The smallest absolute Gasteiger partial charge is 0.273 e. The highest BCUT2D eigenvalue weighted by Gasteiger charge is 2.26. The third kappa shape index (κ3) is 5.13. The number of rotatable bonds is 7. The van der Waals surface area contributed by atoms with E-state index >= 15 is 0 Å². The molecule has 0 unspecified atom stereocenters. The van der Waals surface area contributed by atoms with Crippen molar-refractivity contribution < 1.29 is 9.53 Å². The average molecular weight is 509 g/mol. The molecule has 3 aromatic carbocycles. The molecule has 0 saturated carbocycles. The van der Waals surface area contributed by atoms with Gasteiger partial charge in [-0.1, -0.05) is 60.7 Å². The van der Waals surface area contributed by atoms with E-state index in [4.69, 9.17) is 9.72 Å². The van der Waals surface area contributed by atoms with Crippen molar-refractivity contribution >= 4 is 28.3 Å². The molecule has 37 heavy (non-hydrogen) atoms. The lowest BCUT2D eigenvalue weighted by molar-refractivity contribution is 0.0677. The topological polar surface area (TPSA) is 60.2 Å². The highest BCUT2D eigenvalue weighted by Crippen LogP contribution is 2.27. The van der Waals surface area contributed by atoms with Crippen LogP contribution in [0.2, 0.25) is 0 Å². The maximum absolute atomic E-state index is 13.2. The minimum absolute atomic E-state index is 0.0295. The Labute approximate surface area is 220 Å². The number of carbonyl (C=O) groups excluding carboxylic acids is 1. The van der Waals surface area contributed by atoms with Crippen molar-refractivity contribution in [3.8, 4) is 16.3 Å². The summed E-state index contributed by atoms with van der Waals surface area (Å²) in [5.41, 5.74) is 3.70. The molecule has 0 atom stereocenters. The van der Waals surface area contributed by atoms with Gasteiger partial charge in [0.05, 0.1) is 11.0 Å². The molecule has 186 valence electrons. The minimum Gasteiger partial charge on any atom is -0.486 e. The van der Waals surface area contributed by atoms with E-state index in [2.05, 4.69) is 27.8 Å². The molecule has 0 bridgehead atoms. The van der Waals surface area contributed by atoms with E-state index in [9.17, 15) is 4.79 Å². The van der Waals surface area contributed by atoms with Crippen LogP contribution in [-0.2, 0) is 13.2 Å². The number of benzene rings is 3. The second kappa shape index (κ2) is 10.6. The van der Waals surface area contributed by atoms with Crippen LogP contribution in [0.4, 0.5) is 0 Å². The fraction of sp³-hybridized carbons (Fsp3) is 0.233. The predicted molar refractivity (Wildman–Crippen MR) is 147 cm³/mol. The van der Waals surface area contributed by atoms with Crippen molar-refractivity contribution in [2.75, 3.05) is 13.1 Å². The van der Waals surface area contributed by atoms with E-state index in [1.807, 2.05) is 77.0 Å². The van der Waals surface area contributed by atoms with Gasteiger partial charge in [-0.05, 0) is 43.0 Å². The number of imidazole rings is 1. The van der Waals surface area contributed by atoms with Crippen LogP contribution in [0.25, 0.3) is 21.6 Å². The Balaban J connectivity index is 1.12. The maximum Gasteiger partial charge on any atom is 0.273 e. The first-order valence-corrected chi connectivity index (χ1v) is 13.5. The molecule has 7 heteroatoms. The standard InChI is InChI=1S/C30H28N4O2S/c35-30(26-21-37-29(32-26)23-9-3-1-4-10-23)33-17-15-22(16-18-33)19-34-27-14-8-7-13-25(27)31-28(34)20-36-24-11-5-2-6-12-24/h1-14,21-22H,15-20H2. The second-order valence-corrected chi connectivity index (χ2v) is 10.2. The fourth-order valence-corrected chi connectivity index (χ4v) is 5.73. The van der Waals surface area contributed by atoms with E-state index in [0.29, 0.717) is 18.2 Å². The fourth-order valence-electron chi connectivity index (χ4n) is 4.93. The zero-order chi connectivity index (χ0) is 25.0. The molecule has 0 aliphatic carbocycles. The van der Waals surface area contributed by atoms with Gasteiger partial charge in [0.15, 0.2) is 0 Å². The first-order chi connectivity index (χ1) is 18.2. The molecule has 6 rings (SSSR count).